The molecule has 2 rings (SSSR count). The van der Waals surface area contributed by atoms with Crippen LogP contribution in [0.2, 0.25) is 0 Å². The van der Waals surface area contributed by atoms with Gasteiger partial charge in [0.1, 0.15) is 17.4 Å². The monoisotopic (exact) mass is 341 g/mol. The van der Waals surface area contributed by atoms with Crippen molar-refractivity contribution in [2.45, 2.75) is 6.92 Å². The molecular weight excluding hydrogens is 332 g/mol. The van der Waals surface area contributed by atoms with Crippen LogP contribution >= 0.6 is 15.9 Å². The lowest BCUT2D eigenvalue weighted by molar-refractivity contribution is 0.102. The van der Waals surface area contributed by atoms with Gasteiger partial charge >= 0.3 is 0 Å². The van der Waals surface area contributed by atoms with E-state index in [-0.39, 0.29) is 21.5 Å². The van der Waals surface area contributed by atoms with Crippen LogP contribution in [-0.2, 0) is 0 Å². The third-order valence-electron chi connectivity index (χ3n) is 2.71. The van der Waals surface area contributed by atoms with Gasteiger partial charge in [0.25, 0.3) is 5.91 Å². The summed E-state index contributed by atoms with van der Waals surface area (Å²) in [6.45, 7) is 1.69. The summed E-state index contributed by atoms with van der Waals surface area (Å²) in [6, 6.07) is 5.86. The average Bonchev–Trinajstić information content (AvgIpc) is 2.35. The molecular formula is C14H10BrF2NO2. The molecule has 0 bridgehead atoms. The Labute approximate surface area is 122 Å². The minimum Gasteiger partial charge on any atom is -0.508 e. The van der Waals surface area contributed by atoms with Gasteiger partial charge in [0.2, 0.25) is 0 Å². The summed E-state index contributed by atoms with van der Waals surface area (Å²) in [5, 5.41) is 11.5. The van der Waals surface area contributed by atoms with Gasteiger partial charge in [0, 0.05) is 11.8 Å². The van der Waals surface area contributed by atoms with Gasteiger partial charge in [-0.2, -0.15) is 0 Å². The number of amides is 1. The largest absolute Gasteiger partial charge is 0.508 e. The number of hydrogen-bond donors (Lipinski definition) is 2. The summed E-state index contributed by atoms with van der Waals surface area (Å²) in [5.41, 5.74) is 0.652. The van der Waals surface area contributed by atoms with Crippen LogP contribution in [0.1, 0.15) is 15.9 Å². The second-order valence-corrected chi connectivity index (χ2v) is 5.05. The van der Waals surface area contributed by atoms with E-state index in [9.17, 15) is 13.6 Å². The Morgan fingerprint density at radius 3 is 2.55 bits per heavy atom. The first-order valence-electron chi connectivity index (χ1n) is 5.64. The molecule has 0 aliphatic carbocycles. The number of benzene rings is 2. The first kappa shape index (κ1) is 14.5. The molecule has 3 nitrogen and oxygen atoms in total. The van der Waals surface area contributed by atoms with Crippen LogP contribution in [0.15, 0.2) is 34.8 Å². The van der Waals surface area contributed by atoms with Crippen molar-refractivity contribution in [2.24, 2.45) is 0 Å². The topological polar surface area (TPSA) is 49.3 Å². The summed E-state index contributed by atoms with van der Waals surface area (Å²) >= 11 is 3.04. The summed E-state index contributed by atoms with van der Waals surface area (Å²) in [4.78, 5) is 11.9. The zero-order valence-corrected chi connectivity index (χ0v) is 12.0. The highest BCUT2D eigenvalue weighted by atomic mass is 79.9. The highest BCUT2D eigenvalue weighted by molar-refractivity contribution is 9.10. The van der Waals surface area contributed by atoms with E-state index in [0.717, 1.165) is 18.2 Å². The van der Waals surface area contributed by atoms with Crippen LogP contribution in [0.5, 0.6) is 5.75 Å². The van der Waals surface area contributed by atoms with Crippen molar-refractivity contribution in [3.63, 3.8) is 0 Å². The molecule has 0 aliphatic rings. The lowest BCUT2D eigenvalue weighted by Crippen LogP contribution is -2.14. The molecule has 0 heterocycles. The number of carbonyl (C=O) groups excluding carboxylic acids is 1. The SMILES string of the molecule is Cc1cc(Br)c(F)cc1NC(=O)c1ccc(O)cc1F. The Hall–Kier alpha value is -1.95. The van der Waals surface area contributed by atoms with Crippen molar-refractivity contribution in [3.8, 4) is 5.75 Å². The zero-order valence-electron chi connectivity index (χ0n) is 10.4. The van der Waals surface area contributed by atoms with Crippen molar-refractivity contribution < 1.29 is 18.7 Å². The number of aromatic hydroxyl groups is 1. The number of phenols is 1. The molecule has 2 aromatic rings. The molecule has 2 aromatic carbocycles. The first-order valence-corrected chi connectivity index (χ1v) is 6.43. The Morgan fingerprint density at radius 2 is 1.90 bits per heavy atom. The molecule has 0 fully saturated rings. The smallest absolute Gasteiger partial charge is 0.258 e. The Morgan fingerprint density at radius 1 is 1.20 bits per heavy atom. The van der Waals surface area contributed by atoms with E-state index in [4.69, 9.17) is 5.11 Å². The number of phenolic OH excluding ortho intramolecular Hbond substituents is 1. The van der Waals surface area contributed by atoms with Crippen LogP contribution in [0.4, 0.5) is 14.5 Å². The van der Waals surface area contributed by atoms with Crippen molar-refractivity contribution in [2.75, 3.05) is 5.32 Å². The van der Waals surface area contributed by atoms with Gasteiger partial charge in [-0.1, -0.05) is 0 Å². The molecule has 0 atom stereocenters. The molecule has 0 unspecified atom stereocenters. The standard InChI is InChI=1S/C14H10BrF2NO2/c1-7-4-10(15)12(17)6-13(7)18-14(20)9-3-2-8(19)5-11(9)16/h2-6,19H,1H3,(H,18,20). The van der Waals surface area contributed by atoms with Crippen molar-refractivity contribution >= 4 is 27.5 Å². The van der Waals surface area contributed by atoms with Gasteiger partial charge in [0.05, 0.1) is 10.0 Å². The second-order valence-electron chi connectivity index (χ2n) is 4.20. The number of hydrogen-bond acceptors (Lipinski definition) is 2. The van der Waals surface area contributed by atoms with E-state index in [0.29, 0.717) is 5.56 Å². The van der Waals surface area contributed by atoms with E-state index < -0.39 is 17.5 Å². The number of rotatable bonds is 2. The minimum absolute atomic E-state index is 0.231. The number of carbonyl (C=O) groups is 1. The maximum Gasteiger partial charge on any atom is 0.258 e. The summed E-state index contributed by atoms with van der Waals surface area (Å²) in [7, 11) is 0. The van der Waals surface area contributed by atoms with Gasteiger partial charge in [-0.15, -0.1) is 0 Å². The van der Waals surface area contributed by atoms with Gasteiger partial charge < -0.3 is 10.4 Å². The molecule has 6 heteroatoms. The van der Waals surface area contributed by atoms with Gasteiger partial charge in [-0.3, -0.25) is 4.79 Å². The van der Waals surface area contributed by atoms with E-state index in [1.165, 1.54) is 12.1 Å². The lowest BCUT2D eigenvalue weighted by Gasteiger charge is -2.10. The van der Waals surface area contributed by atoms with Crippen LogP contribution in [0, 0.1) is 18.6 Å². The fraction of sp³-hybridized carbons (Fsp3) is 0.0714. The Balaban J connectivity index is 2.30. The molecule has 0 saturated heterocycles. The zero-order chi connectivity index (χ0) is 14.9. The first-order chi connectivity index (χ1) is 9.38. The van der Waals surface area contributed by atoms with Crippen LogP contribution in [0.3, 0.4) is 0 Å². The minimum atomic E-state index is -0.849. The molecule has 104 valence electrons. The third-order valence-corrected chi connectivity index (χ3v) is 3.32. The van der Waals surface area contributed by atoms with Gasteiger partial charge in [0.15, 0.2) is 0 Å². The van der Waals surface area contributed by atoms with Crippen molar-refractivity contribution in [1.82, 2.24) is 0 Å². The summed E-state index contributed by atoms with van der Waals surface area (Å²) in [6.07, 6.45) is 0. The normalized spacial score (nSPS) is 10.4. The second kappa shape index (κ2) is 5.58. The average molecular weight is 342 g/mol. The quantitative estimate of drug-likeness (QED) is 0.867. The highest BCUT2D eigenvalue weighted by Crippen LogP contribution is 2.25. The molecule has 20 heavy (non-hydrogen) atoms. The van der Waals surface area contributed by atoms with Crippen molar-refractivity contribution in [1.29, 1.82) is 0 Å². The van der Waals surface area contributed by atoms with Crippen molar-refractivity contribution in [3.05, 3.63) is 57.6 Å². The molecule has 0 aromatic heterocycles. The summed E-state index contributed by atoms with van der Waals surface area (Å²) in [5.74, 6) is -2.37. The molecule has 0 radical (unpaired) electrons. The maximum absolute atomic E-state index is 13.5. The van der Waals surface area contributed by atoms with Crippen LogP contribution < -0.4 is 5.32 Å². The van der Waals surface area contributed by atoms with Gasteiger partial charge in [-0.05, 0) is 52.7 Å². The lowest BCUT2D eigenvalue weighted by atomic mass is 10.1. The van der Waals surface area contributed by atoms with E-state index in [2.05, 4.69) is 21.2 Å². The molecule has 1 amide bonds. The predicted octanol–water partition coefficient (Wildman–Crippen LogP) is 3.99. The van der Waals surface area contributed by atoms with E-state index in [1.54, 1.807) is 6.92 Å². The summed E-state index contributed by atoms with van der Waals surface area (Å²) < 4.78 is 27.3. The molecule has 2 N–H and O–H groups in total. The fourth-order valence-corrected chi connectivity index (χ4v) is 2.12. The molecule has 0 aliphatic heterocycles. The number of nitrogens with one attached hydrogen (secondary N) is 1. The predicted molar refractivity (Wildman–Crippen MR) is 74.9 cm³/mol. The van der Waals surface area contributed by atoms with Crippen LogP contribution in [-0.4, -0.2) is 11.0 Å². The number of halogens is 3. The van der Waals surface area contributed by atoms with E-state index in [1.807, 2.05) is 0 Å². The highest BCUT2D eigenvalue weighted by Gasteiger charge is 2.14. The maximum atomic E-state index is 13.5. The Bertz CT molecular complexity index is 689. The fourth-order valence-electron chi connectivity index (χ4n) is 1.66. The number of anilines is 1. The third kappa shape index (κ3) is 2.96. The Kier molecular flexibility index (Phi) is 4.04. The molecule has 0 spiro atoms. The van der Waals surface area contributed by atoms with Gasteiger partial charge in [-0.25, -0.2) is 8.78 Å². The number of aryl methyl sites for hydroxylation is 1. The molecule has 0 saturated carbocycles. The van der Waals surface area contributed by atoms with Crippen LogP contribution in [0.25, 0.3) is 0 Å². The van der Waals surface area contributed by atoms with E-state index >= 15 is 0 Å².